The molecular weight excluding hydrogens is 878 g/mol. The van der Waals surface area contributed by atoms with Crippen LogP contribution >= 0.6 is 19.6 Å². The third-order valence-corrected chi connectivity index (χ3v) is 14.7. The molecular formula is C51H92N3O10PS. The number of carbonyl (C=O) groups is 4. The number of allylic oxidation sites excluding steroid dienone is 4. The van der Waals surface area contributed by atoms with E-state index in [1.54, 1.807) is 0 Å². The zero-order valence-corrected chi connectivity index (χ0v) is 43.0. The molecule has 0 aromatic rings. The predicted molar refractivity (Wildman–Crippen MR) is 268 cm³/mol. The number of hydrogen-bond donors (Lipinski definition) is 4. The minimum atomic E-state index is -4.58. The van der Waals surface area contributed by atoms with Gasteiger partial charge >= 0.3 is 25.8 Å². The van der Waals surface area contributed by atoms with Crippen LogP contribution in [0.1, 0.15) is 219 Å². The van der Waals surface area contributed by atoms with Gasteiger partial charge in [-0.05, 0) is 77.0 Å². The molecule has 0 saturated carbocycles. The third kappa shape index (κ3) is 33.2. The van der Waals surface area contributed by atoms with E-state index in [1.165, 1.54) is 77.0 Å². The third-order valence-electron chi connectivity index (χ3n) is 12.2. The molecule has 2 aliphatic heterocycles. The number of nitrogens with one attached hydrogen (secondary N) is 3. The van der Waals surface area contributed by atoms with E-state index in [2.05, 4.69) is 54.1 Å². The Morgan fingerprint density at radius 2 is 1.17 bits per heavy atom. The maximum absolute atomic E-state index is 12.8. The van der Waals surface area contributed by atoms with Gasteiger partial charge in [0.05, 0.1) is 25.3 Å². The van der Waals surface area contributed by atoms with Crippen LogP contribution in [0.2, 0.25) is 0 Å². The van der Waals surface area contributed by atoms with Crippen molar-refractivity contribution >= 4 is 43.5 Å². The summed E-state index contributed by atoms with van der Waals surface area (Å²) in [7, 11) is -4.58. The monoisotopic (exact) mass is 970 g/mol. The average Bonchev–Trinajstić information content (AvgIpc) is 3.86. The fourth-order valence-electron chi connectivity index (χ4n) is 8.23. The first-order valence-electron chi connectivity index (χ1n) is 26.4. The second kappa shape index (κ2) is 40.5. The molecule has 0 aliphatic carbocycles. The van der Waals surface area contributed by atoms with Crippen molar-refractivity contribution < 1.29 is 47.2 Å². The lowest BCUT2D eigenvalue weighted by molar-refractivity contribution is -0.161. The molecule has 2 fully saturated rings. The Hall–Kier alpha value is -2.38. The van der Waals surface area contributed by atoms with Gasteiger partial charge in [0.25, 0.3) is 0 Å². The predicted octanol–water partition coefficient (Wildman–Crippen LogP) is 12.5. The van der Waals surface area contributed by atoms with Gasteiger partial charge in [0, 0.05) is 36.8 Å². The molecule has 2 heterocycles. The van der Waals surface area contributed by atoms with Gasteiger partial charge < -0.3 is 30.3 Å². The maximum Gasteiger partial charge on any atom is 0.472 e. The SMILES string of the molecule is CCCCCCCC/C=C\CCCCCCCC(=O)OCC(COP(=O)(O)OCCNC(=O)CCCCC1SCC2NC(=O)NC21)OC(=O)CCCCCCC/C=C\CCCCCCCC. The number of unbranched alkanes of at least 4 members (excludes halogenated alkanes) is 23. The number of amides is 3. The van der Waals surface area contributed by atoms with E-state index in [0.717, 1.165) is 95.6 Å². The number of esters is 2. The van der Waals surface area contributed by atoms with Crippen LogP contribution in [0.4, 0.5) is 4.79 Å². The summed E-state index contributed by atoms with van der Waals surface area (Å²) in [6, 6.07) is 0.193. The molecule has 4 N–H and O–H groups in total. The molecule has 0 spiro atoms. The zero-order valence-electron chi connectivity index (χ0n) is 41.3. The number of rotatable bonds is 45. The van der Waals surface area contributed by atoms with Gasteiger partial charge in [0.15, 0.2) is 6.10 Å². The van der Waals surface area contributed by atoms with Crippen molar-refractivity contribution in [1.29, 1.82) is 0 Å². The smallest absolute Gasteiger partial charge is 0.462 e. The van der Waals surface area contributed by atoms with E-state index in [1.807, 2.05) is 11.8 Å². The second-order valence-electron chi connectivity index (χ2n) is 18.3. The Bertz CT molecular complexity index is 1390. The van der Waals surface area contributed by atoms with Crippen LogP contribution in [-0.4, -0.2) is 84.3 Å². The fourth-order valence-corrected chi connectivity index (χ4v) is 10.5. The maximum atomic E-state index is 12.8. The molecule has 66 heavy (non-hydrogen) atoms. The van der Waals surface area contributed by atoms with Crippen LogP contribution < -0.4 is 16.0 Å². The van der Waals surface area contributed by atoms with Gasteiger partial charge in [-0.3, -0.25) is 23.4 Å². The Morgan fingerprint density at radius 1 is 0.667 bits per heavy atom. The summed E-state index contributed by atoms with van der Waals surface area (Å²) in [5.74, 6) is -0.208. The number of phosphoric ester groups is 1. The first-order chi connectivity index (χ1) is 32.1. The van der Waals surface area contributed by atoms with Gasteiger partial charge in [-0.1, -0.05) is 147 Å². The van der Waals surface area contributed by atoms with E-state index in [-0.39, 0.29) is 56.6 Å². The van der Waals surface area contributed by atoms with Crippen molar-refractivity contribution in [2.24, 2.45) is 0 Å². The topological polar surface area (TPSA) is 179 Å². The number of thioether (sulfide) groups is 1. The highest BCUT2D eigenvalue weighted by molar-refractivity contribution is 8.00. The second-order valence-corrected chi connectivity index (χ2v) is 21.0. The lowest BCUT2D eigenvalue weighted by Crippen LogP contribution is -2.36. The van der Waals surface area contributed by atoms with Gasteiger partial charge in [-0.15, -0.1) is 0 Å². The summed E-state index contributed by atoms with van der Waals surface area (Å²) in [5, 5.41) is 8.94. The number of phosphoric acid groups is 1. The molecule has 2 aliphatic rings. The molecule has 3 amide bonds. The molecule has 13 nitrogen and oxygen atoms in total. The van der Waals surface area contributed by atoms with Crippen molar-refractivity contribution in [2.45, 2.75) is 243 Å². The molecule has 2 rings (SSSR count). The van der Waals surface area contributed by atoms with Gasteiger partial charge in [-0.2, -0.15) is 11.8 Å². The minimum Gasteiger partial charge on any atom is -0.462 e. The Balaban J connectivity index is 1.65. The minimum absolute atomic E-state index is 0.00894. The van der Waals surface area contributed by atoms with Crippen molar-refractivity contribution in [3.05, 3.63) is 24.3 Å². The number of fused-ring (bicyclic) bond motifs is 1. The van der Waals surface area contributed by atoms with Crippen LogP contribution in [0.5, 0.6) is 0 Å². The van der Waals surface area contributed by atoms with E-state index >= 15 is 0 Å². The summed E-state index contributed by atoms with van der Waals surface area (Å²) in [5.41, 5.74) is 0. The van der Waals surface area contributed by atoms with E-state index < -0.39 is 32.5 Å². The molecule has 15 heteroatoms. The first kappa shape index (κ1) is 59.7. The molecule has 382 valence electrons. The quantitative estimate of drug-likeness (QED) is 0.0150. The Kier molecular flexibility index (Phi) is 36.7. The van der Waals surface area contributed by atoms with Gasteiger partial charge in [0.2, 0.25) is 5.91 Å². The molecule has 5 unspecified atom stereocenters. The van der Waals surface area contributed by atoms with Crippen LogP contribution in [0, 0.1) is 0 Å². The average molecular weight is 970 g/mol. The lowest BCUT2D eigenvalue weighted by atomic mass is 10.0. The van der Waals surface area contributed by atoms with E-state index in [9.17, 15) is 28.6 Å². The van der Waals surface area contributed by atoms with Crippen LogP contribution in [0.25, 0.3) is 0 Å². The summed E-state index contributed by atoms with van der Waals surface area (Å²) in [6.07, 6.45) is 41.2. The molecule has 0 aromatic carbocycles. The fraction of sp³-hybridized carbons (Fsp3) is 0.843. The van der Waals surface area contributed by atoms with Crippen molar-refractivity contribution in [3.63, 3.8) is 0 Å². The highest BCUT2D eigenvalue weighted by Gasteiger charge is 2.42. The van der Waals surface area contributed by atoms with Crippen molar-refractivity contribution in [1.82, 2.24) is 16.0 Å². The zero-order chi connectivity index (χ0) is 47.8. The largest absolute Gasteiger partial charge is 0.472 e. The lowest BCUT2D eigenvalue weighted by Gasteiger charge is -2.20. The number of ether oxygens (including phenoxy) is 2. The number of urea groups is 1. The Morgan fingerprint density at radius 3 is 1.73 bits per heavy atom. The molecule has 5 atom stereocenters. The normalized spacial score (nSPS) is 18.3. The summed E-state index contributed by atoms with van der Waals surface area (Å²) in [4.78, 5) is 59.8. The van der Waals surface area contributed by atoms with Crippen LogP contribution in [0.15, 0.2) is 24.3 Å². The number of carbonyl (C=O) groups excluding carboxylic acids is 4. The summed E-state index contributed by atoms with van der Waals surface area (Å²) >= 11 is 1.84. The molecule has 0 aromatic heterocycles. The summed E-state index contributed by atoms with van der Waals surface area (Å²) < 4.78 is 34.0. The Labute approximate surface area is 404 Å². The van der Waals surface area contributed by atoms with Crippen molar-refractivity contribution in [2.75, 3.05) is 32.1 Å². The van der Waals surface area contributed by atoms with Gasteiger partial charge in [-0.25, -0.2) is 9.36 Å². The highest BCUT2D eigenvalue weighted by Crippen LogP contribution is 2.43. The van der Waals surface area contributed by atoms with Crippen LogP contribution in [-0.2, 0) is 37.5 Å². The molecule has 2 saturated heterocycles. The standard InChI is InChI=1S/C51H92N3O10PS/c1-3-5-7-9-11-13-15-17-19-21-23-25-27-29-31-37-48(56)61-41-44(64-49(57)38-32-30-28-26-24-22-20-18-16-14-12-10-8-6-4-2)42-63-65(59,60)62-40-39-52-47(55)36-34-33-35-46-50-45(43-66-46)53-51(58)54-50/h17-20,44-46,50H,3-16,21-43H2,1-2H3,(H,52,55)(H,59,60)(H2,53,54,58)/b19-17-,20-18-. The van der Waals surface area contributed by atoms with Gasteiger partial charge in [0.1, 0.15) is 6.61 Å². The van der Waals surface area contributed by atoms with Crippen molar-refractivity contribution in [3.8, 4) is 0 Å². The van der Waals surface area contributed by atoms with E-state index in [0.29, 0.717) is 30.9 Å². The van der Waals surface area contributed by atoms with Crippen LogP contribution in [0.3, 0.4) is 0 Å². The molecule has 0 bridgehead atoms. The van der Waals surface area contributed by atoms with E-state index in [4.69, 9.17) is 18.5 Å². The first-order valence-corrected chi connectivity index (χ1v) is 28.9. The molecule has 0 radical (unpaired) electrons. The highest BCUT2D eigenvalue weighted by atomic mass is 32.2. The number of hydrogen-bond acceptors (Lipinski definition) is 10. The summed E-state index contributed by atoms with van der Waals surface area (Å²) in [6.45, 7) is 3.43.